The van der Waals surface area contributed by atoms with Gasteiger partial charge in [-0.25, -0.2) is 0 Å². The summed E-state index contributed by atoms with van der Waals surface area (Å²) in [6.07, 6.45) is 9.37. The van der Waals surface area contributed by atoms with Gasteiger partial charge in [0.1, 0.15) is 0 Å². The summed E-state index contributed by atoms with van der Waals surface area (Å²) >= 11 is 1.44. The number of hydrogen-bond donors (Lipinski definition) is 1. The molecule has 0 aliphatic heterocycles. The van der Waals surface area contributed by atoms with Gasteiger partial charge in [-0.15, -0.1) is 10.2 Å². The van der Waals surface area contributed by atoms with Crippen LogP contribution in [0.5, 0.6) is 0 Å². The molecule has 0 spiro atoms. The number of rotatable bonds is 5. The number of pyridine rings is 1. The van der Waals surface area contributed by atoms with Crippen molar-refractivity contribution in [1.29, 1.82) is 0 Å². The van der Waals surface area contributed by atoms with Crippen LogP contribution >= 0.6 is 11.8 Å². The average molecular weight is 345 g/mol. The lowest BCUT2D eigenvalue weighted by molar-refractivity contribution is -0.121. The highest BCUT2D eigenvalue weighted by Gasteiger charge is 2.22. The zero-order valence-electron chi connectivity index (χ0n) is 14.1. The predicted octanol–water partition coefficient (Wildman–Crippen LogP) is 2.81. The number of amides is 1. The molecule has 1 saturated carbocycles. The summed E-state index contributed by atoms with van der Waals surface area (Å²) in [6.45, 7) is 1.92. The van der Waals surface area contributed by atoms with E-state index in [9.17, 15) is 4.79 Å². The van der Waals surface area contributed by atoms with Gasteiger partial charge in [0.25, 0.3) is 0 Å². The molecule has 2 aromatic heterocycles. The SMILES string of the molecule is C[C@@H](Sc1nnc(-c2ccncc2)n1C)C(=O)NC1CCCCC1. The lowest BCUT2D eigenvalue weighted by Crippen LogP contribution is -2.40. The first kappa shape index (κ1) is 17.0. The molecular formula is C17H23N5OS. The van der Waals surface area contributed by atoms with E-state index in [0.29, 0.717) is 6.04 Å². The number of nitrogens with zero attached hydrogens (tertiary/aromatic N) is 4. The van der Waals surface area contributed by atoms with E-state index in [2.05, 4.69) is 20.5 Å². The quantitative estimate of drug-likeness (QED) is 0.844. The van der Waals surface area contributed by atoms with Crippen LogP contribution in [0.2, 0.25) is 0 Å². The van der Waals surface area contributed by atoms with Crippen LogP contribution in [-0.2, 0) is 11.8 Å². The Balaban J connectivity index is 1.63. The molecule has 2 aromatic rings. The predicted molar refractivity (Wildman–Crippen MR) is 94.6 cm³/mol. The van der Waals surface area contributed by atoms with E-state index in [0.717, 1.165) is 29.4 Å². The van der Waals surface area contributed by atoms with Gasteiger partial charge in [0.05, 0.1) is 5.25 Å². The van der Waals surface area contributed by atoms with Crippen LogP contribution < -0.4 is 5.32 Å². The maximum atomic E-state index is 12.4. The summed E-state index contributed by atoms with van der Waals surface area (Å²) in [6, 6.07) is 4.14. The van der Waals surface area contributed by atoms with Gasteiger partial charge >= 0.3 is 0 Å². The van der Waals surface area contributed by atoms with Crippen molar-refractivity contribution in [3.8, 4) is 11.4 Å². The molecule has 1 amide bonds. The molecule has 128 valence electrons. The maximum Gasteiger partial charge on any atom is 0.233 e. The third kappa shape index (κ3) is 3.95. The topological polar surface area (TPSA) is 72.7 Å². The fourth-order valence-corrected chi connectivity index (χ4v) is 3.77. The molecule has 6 nitrogen and oxygen atoms in total. The van der Waals surface area contributed by atoms with Crippen LogP contribution in [0.25, 0.3) is 11.4 Å². The van der Waals surface area contributed by atoms with Crippen LogP contribution in [0.1, 0.15) is 39.0 Å². The molecule has 0 saturated heterocycles. The molecular weight excluding hydrogens is 322 g/mol. The van der Waals surface area contributed by atoms with Gasteiger partial charge in [0.2, 0.25) is 5.91 Å². The Morgan fingerprint density at radius 3 is 2.67 bits per heavy atom. The van der Waals surface area contributed by atoms with E-state index in [1.807, 2.05) is 30.7 Å². The zero-order valence-corrected chi connectivity index (χ0v) is 14.9. The number of hydrogen-bond acceptors (Lipinski definition) is 5. The minimum Gasteiger partial charge on any atom is -0.352 e. The van der Waals surface area contributed by atoms with Crippen LogP contribution in [-0.4, -0.2) is 36.9 Å². The second-order valence-electron chi connectivity index (χ2n) is 6.20. The first-order chi connectivity index (χ1) is 11.6. The minimum atomic E-state index is -0.194. The van der Waals surface area contributed by atoms with E-state index in [1.165, 1.54) is 31.0 Å². The Morgan fingerprint density at radius 2 is 1.96 bits per heavy atom. The van der Waals surface area contributed by atoms with Crippen molar-refractivity contribution in [2.45, 2.75) is 55.5 Å². The molecule has 1 aliphatic carbocycles. The molecule has 0 aromatic carbocycles. The highest BCUT2D eigenvalue weighted by molar-refractivity contribution is 8.00. The van der Waals surface area contributed by atoms with Gasteiger partial charge in [-0.05, 0) is 31.9 Å². The van der Waals surface area contributed by atoms with E-state index in [4.69, 9.17) is 0 Å². The van der Waals surface area contributed by atoms with E-state index >= 15 is 0 Å². The van der Waals surface area contributed by atoms with Crippen LogP contribution in [0.4, 0.5) is 0 Å². The maximum absolute atomic E-state index is 12.4. The van der Waals surface area contributed by atoms with Crippen molar-refractivity contribution < 1.29 is 4.79 Å². The smallest absolute Gasteiger partial charge is 0.233 e. The summed E-state index contributed by atoms with van der Waals surface area (Å²) in [5.74, 6) is 0.861. The number of aromatic nitrogens is 4. The molecule has 1 fully saturated rings. The summed E-state index contributed by atoms with van der Waals surface area (Å²) < 4.78 is 1.92. The third-order valence-corrected chi connectivity index (χ3v) is 5.51. The van der Waals surface area contributed by atoms with E-state index < -0.39 is 0 Å². The number of carbonyl (C=O) groups is 1. The van der Waals surface area contributed by atoms with Crippen LogP contribution in [0.3, 0.4) is 0 Å². The summed E-state index contributed by atoms with van der Waals surface area (Å²) in [7, 11) is 1.92. The lowest BCUT2D eigenvalue weighted by atomic mass is 9.95. The average Bonchev–Trinajstić information content (AvgIpc) is 2.97. The van der Waals surface area contributed by atoms with Gasteiger partial charge < -0.3 is 9.88 Å². The Hall–Kier alpha value is -1.89. The van der Waals surface area contributed by atoms with Gasteiger partial charge in [0, 0.05) is 31.0 Å². The van der Waals surface area contributed by atoms with Gasteiger partial charge in [-0.2, -0.15) is 0 Å². The van der Waals surface area contributed by atoms with E-state index in [1.54, 1.807) is 12.4 Å². The normalized spacial score (nSPS) is 16.8. The molecule has 2 heterocycles. The summed E-state index contributed by atoms with van der Waals surface area (Å²) in [5.41, 5.74) is 0.964. The first-order valence-electron chi connectivity index (χ1n) is 8.42. The van der Waals surface area contributed by atoms with E-state index in [-0.39, 0.29) is 11.2 Å². The summed E-state index contributed by atoms with van der Waals surface area (Å²) in [5, 5.41) is 12.2. The molecule has 0 bridgehead atoms. The highest BCUT2D eigenvalue weighted by atomic mass is 32.2. The zero-order chi connectivity index (χ0) is 16.9. The van der Waals surface area contributed by atoms with Crippen molar-refractivity contribution in [3.05, 3.63) is 24.5 Å². The largest absolute Gasteiger partial charge is 0.352 e. The third-order valence-electron chi connectivity index (χ3n) is 4.38. The fraction of sp³-hybridized carbons (Fsp3) is 0.529. The van der Waals surface area contributed by atoms with Crippen molar-refractivity contribution in [2.75, 3.05) is 0 Å². The number of nitrogens with one attached hydrogen (secondary N) is 1. The molecule has 0 unspecified atom stereocenters. The minimum absolute atomic E-state index is 0.0837. The Labute approximate surface area is 146 Å². The lowest BCUT2D eigenvalue weighted by Gasteiger charge is -2.24. The molecule has 24 heavy (non-hydrogen) atoms. The monoisotopic (exact) mass is 345 g/mol. The summed E-state index contributed by atoms with van der Waals surface area (Å²) in [4.78, 5) is 16.4. The second-order valence-corrected chi connectivity index (χ2v) is 7.51. The first-order valence-corrected chi connectivity index (χ1v) is 9.30. The van der Waals surface area contributed by atoms with Gasteiger partial charge in [-0.1, -0.05) is 31.0 Å². The second kappa shape index (κ2) is 7.79. The molecule has 1 atom stereocenters. The Kier molecular flexibility index (Phi) is 5.50. The van der Waals surface area contributed by atoms with Crippen molar-refractivity contribution >= 4 is 17.7 Å². The highest BCUT2D eigenvalue weighted by Crippen LogP contribution is 2.26. The van der Waals surface area contributed by atoms with Crippen LogP contribution in [0.15, 0.2) is 29.7 Å². The molecule has 7 heteroatoms. The molecule has 3 rings (SSSR count). The van der Waals surface area contributed by atoms with Crippen molar-refractivity contribution in [1.82, 2.24) is 25.1 Å². The number of carbonyl (C=O) groups excluding carboxylic acids is 1. The molecule has 1 N–H and O–H groups in total. The van der Waals surface area contributed by atoms with Crippen molar-refractivity contribution in [2.24, 2.45) is 7.05 Å². The Morgan fingerprint density at radius 1 is 1.25 bits per heavy atom. The standard InChI is InChI=1S/C17H23N5OS/c1-12(16(23)19-14-6-4-3-5-7-14)24-17-21-20-15(22(17)2)13-8-10-18-11-9-13/h8-12,14H,3-7H2,1-2H3,(H,19,23)/t12-/m1/s1. The molecule has 0 radical (unpaired) electrons. The van der Waals surface area contributed by atoms with Crippen LogP contribution in [0, 0.1) is 0 Å². The Bertz CT molecular complexity index is 682. The fourth-order valence-electron chi connectivity index (χ4n) is 2.95. The molecule has 1 aliphatic rings. The van der Waals surface area contributed by atoms with Gasteiger partial charge in [-0.3, -0.25) is 9.78 Å². The number of thioether (sulfide) groups is 1. The van der Waals surface area contributed by atoms with Gasteiger partial charge in [0.15, 0.2) is 11.0 Å². The van der Waals surface area contributed by atoms with Crippen molar-refractivity contribution in [3.63, 3.8) is 0 Å².